The fourth-order valence-corrected chi connectivity index (χ4v) is 2.59. The average molecular weight is 291 g/mol. The molecule has 0 radical (unpaired) electrons. The van der Waals surface area contributed by atoms with Gasteiger partial charge in [0.15, 0.2) is 0 Å². The minimum atomic E-state index is 0.184. The first-order chi connectivity index (χ1) is 10.2. The first kappa shape index (κ1) is 16.3. The van der Waals surface area contributed by atoms with Crippen molar-refractivity contribution in [1.82, 2.24) is 5.32 Å². The van der Waals surface area contributed by atoms with Crippen molar-refractivity contribution in [1.29, 1.82) is 0 Å². The number of hydrogen-bond donors (Lipinski definition) is 1. The minimum Gasteiger partial charge on any atom is -0.497 e. The third kappa shape index (κ3) is 5.33. The van der Waals surface area contributed by atoms with E-state index in [0.717, 1.165) is 31.2 Å². The van der Waals surface area contributed by atoms with Gasteiger partial charge in [0.1, 0.15) is 5.75 Å². The van der Waals surface area contributed by atoms with Crippen LogP contribution >= 0.6 is 0 Å². The van der Waals surface area contributed by atoms with E-state index in [1.807, 2.05) is 12.1 Å². The second-order valence-electron chi connectivity index (χ2n) is 6.01. The third-order valence-corrected chi connectivity index (χ3v) is 4.16. The summed E-state index contributed by atoms with van der Waals surface area (Å²) in [7, 11) is 1.70. The molecule has 0 saturated heterocycles. The number of nitrogens with one attached hydrogen (secondary N) is 1. The largest absolute Gasteiger partial charge is 0.497 e. The van der Waals surface area contributed by atoms with Crippen LogP contribution in [0.4, 0.5) is 0 Å². The van der Waals surface area contributed by atoms with Crippen molar-refractivity contribution in [2.24, 2.45) is 5.92 Å². The Kier molecular flexibility index (Phi) is 6.52. The van der Waals surface area contributed by atoms with Crippen LogP contribution in [0.2, 0.25) is 0 Å². The first-order valence-electron chi connectivity index (χ1n) is 8.23. The summed E-state index contributed by atoms with van der Waals surface area (Å²) in [5, 5.41) is 3.61. The van der Waals surface area contributed by atoms with Gasteiger partial charge in [-0.05, 0) is 49.9 Å². The average Bonchev–Trinajstić information content (AvgIpc) is 3.32. The highest BCUT2D eigenvalue weighted by atomic mass is 16.5. The van der Waals surface area contributed by atoms with Crippen LogP contribution in [0.5, 0.6) is 5.75 Å². The second kappa shape index (κ2) is 8.40. The highest BCUT2D eigenvalue weighted by Gasteiger charge is 2.23. The summed E-state index contributed by atoms with van der Waals surface area (Å²) in [5.74, 6) is 1.83. The van der Waals surface area contributed by atoms with E-state index < -0.39 is 0 Å². The van der Waals surface area contributed by atoms with E-state index in [-0.39, 0.29) is 12.1 Å². The standard InChI is InChI=1S/C18H29NO2/c1-4-12-19-18(14(2)21-13-11-15-5-6-15)16-7-9-17(20-3)10-8-16/h7-10,14-15,18-19H,4-6,11-13H2,1-3H3. The molecule has 2 atom stereocenters. The van der Waals surface area contributed by atoms with Gasteiger partial charge in [0.25, 0.3) is 0 Å². The monoisotopic (exact) mass is 291 g/mol. The zero-order valence-electron chi connectivity index (χ0n) is 13.6. The highest BCUT2D eigenvalue weighted by Crippen LogP contribution is 2.32. The molecular weight excluding hydrogens is 262 g/mol. The zero-order valence-corrected chi connectivity index (χ0v) is 13.6. The molecule has 0 aliphatic heterocycles. The molecule has 1 aromatic carbocycles. The van der Waals surface area contributed by atoms with Crippen molar-refractivity contribution in [3.05, 3.63) is 29.8 Å². The number of ether oxygens (including phenoxy) is 2. The number of hydrogen-bond acceptors (Lipinski definition) is 3. The zero-order chi connectivity index (χ0) is 15.1. The molecule has 1 aromatic rings. The van der Waals surface area contributed by atoms with E-state index in [9.17, 15) is 0 Å². The summed E-state index contributed by atoms with van der Waals surface area (Å²) in [5.41, 5.74) is 1.27. The van der Waals surface area contributed by atoms with Crippen LogP contribution in [0.25, 0.3) is 0 Å². The van der Waals surface area contributed by atoms with E-state index in [0.29, 0.717) is 0 Å². The van der Waals surface area contributed by atoms with Crippen molar-refractivity contribution >= 4 is 0 Å². The first-order valence-corrected chi connectivity index (χ1v) is 8.23. The number of benzene rings is 1. The van der Waals surface area contributed by atoms with Gasteiger partial charge in [-0.15, -0.1) is 0 Å². The lowest BCUT2D eigenvalue weighted by molar-refractivity contribution is 0.0350. The van der Waals surface area contributed by atoms with Crippen molar-refractivity contribution < 1.29 is 9.47 Å². The Bertz CT molecular complexity index is 400. The maximum Gasteiger partial charge on any atom is 0.118 e. The molecular formula is C18H29NO2. The van der Waals surface area contributed by atoms with Gasteiger partial charge in [0.05, 0.1) is 19.3 Å². The quantitative estimate of drug-likeness (QED) is 0.708. The SMILES string of the molecule is CCCNC(c1ccc(OC)cc1)C(C)OCCC1CC1. The molecule has 1 aliphatic carbocycles. The molecule has 0 bridgehead atoms. The van der Waals surface area contributed by atoms with Crippen molar-refractivity contribution in [2.45, 2.75) is 51.7 Å². The summed E-state index contributed by atoms with van der Waals surface area (Å²) in [6.07, 6.45) is 5.32. The van der Waals surface area contributed by atoms with Gasteiger partial charge >= 0.3 is 0 Å². The third-order valence-electron chi connectivity index (χ3n) is 4.16. The maximum atomic E-state index is 6.07. The van der Waals surface area contributed by atoms with Gasteiger partial charge in [-0.25, -0.2) is 0 Å². The predicted octanol–water partition coefficient (Wildman–Crippen LogP) is 3.94. The lowest BCUT2D eigenvalue weighted by Crippen LogP contribution is -2.32. The topological polar surface area (TPSA) is 30.5 Å². The molecule has 1 N–H and O–H groups in total. The molecule has 2 rings (SSSR count). The van der Waals surface area contributed by atoms with Crippen LogP contribution in [-0.2, 0) is 4.74 Å². The molecule has 3 heteroatoms. The fourth-order valence-electron chi connectivity index (χ4n) is 2.59. The molecule has 1 aliphatic rings. The van der Waals surface area contributed by atoms with Gasteiger partial charge in [-0.3, -0.25) is 0 Å². The summed E-state index contributed by atoms with van der Waals surface area (Å²) >= 11 is 0. The molecule has 1 saturated carbocycles. The van der Waals surface area contributed by atoms with E-state index in [1.165, 1.54) is 24.8 Å². The Morgan fingerprint density at radius 1 is 1.24 bits per heavy atom. The van der Waals surface area contributed by atoms with Crippen molar-refractivity contribution in [3.8, 4) is 5.75 Å². The van der Waals surface area contributed by atoms with E-state index in [1.54, 1.807) is 7.11 Å². The normalized spacial score (nSPS) is 17.5. The Labute approximate surface area is 129 Å². The second-order valence-corrected chi connectivity index (χ2v) is 6.01. The Morgan fingerprint density at radius 2 is 1.95 bits per heavy atom. The van der Waals surface area contributed by atoms with Gasteiger partial charge < -0.3 is 14.8 Å². The molecule has 21 heavy (non-hydrogen) atoms. The Hall–Kier alpha value is -1.06. The van der Waals surface area contributed by atoms with Gasteiger partial charge in [0, 0.05) is 6.61 Å². The van der Waals surface area contributed by atoms with Crippen LogP contribution in [0.3, 0.4) is 0 Å². The van der Waals surface area contributed by atoms with Crippen LogP contribution < -0.4 is 10.1 Å². The molecule has 2 unspecified atom stereocenters. The van der Waals surface area contributed by atoms with Crippen molar-refractivity contribution in [2.75, 3.05) is 20.3 Å². The van der Waals surface area contributed by atoms with E-state index >= 15 is 0 Å². The van der Waals surface area contributed by atoms with Gasteiger partial charge in [-0.1, -0.05) is 31.9 Å². The van der Waals surface area contributed by atoms with Crippen LogP contribution in [0, 0.1) is 5.92 Å². The van der Waals surface area contributed by atoms with Gasteiger partial charge in [-0.2, -0.15) is 0 Å². The molecule has 0 heterocycles. The fraction of sp³-hybridized carbons (Fsp3) is 0.667. The summed E-state index contributed by atoms with van der Waals surface area (Å²) < 4.78 is 11.3. The number of rotatable bonds is 10. The van der Waals surface area contributed by atoms with E-state index in [2.05, 4.69) is 31.3 Å². The lowest BCUT2D eigenvalue weighted by atomic mass is 10.0. The van der Waals surface area contributed by atoms with E-state index in [4.69, 9.17) is 9.47 Å². The van der Waals surface area contributed by atoms with Gasteiger partial charge in [0.2, 0.25) is 0 Å². The van der Waals surface area contributed by atoms with Crippen molar-refractivity contribution in [3.63, 3.8) is 0 Å². The maximum absolute atomic E-state index is 6.07. The molecule has 3 nitrogen and oxygen atoms in total. The Morgan fingerprint density at radius 3 is 2.52 bits per heavy atom. The van der Waals surface area contributed by atoms with Crippen LogP contribution in [0.1, 0.15) is 51.1 Å². The Balaban J connectivity index is 1.93. The molecule has 0 amide bonds. The summed E-state index contributed by atoms with van der Waals surface area (Å²) in [6.45, 7) is 6.25. The summed E-state index contributed by atoms with van der Waals surface area (Å²) in [4.78, 5) is 0. The molecule has 0 spiro atoms. The minimum absolute atomic E-state index is 0.184. The smallest absolute Gasteiger partial charge is 0.118 e. The van der Waals surface area contributed by atoms with Crippen LogP contribution in [0.15, 0.2) is 24.3 Å². The summed E-state index contributed by atoms with van der Waals surface area (Å²) in [6, 6.07) is 8.55. The lowest BCUT2D eigenvalue weighted by Gasteiger charge is -2.26. The molecule has 0 aromatic heterocycles. The highest BCUT2D eigenvalue weighted by molar-refractivity contribution is 5.29. The predicted molar refractivity (Wildman–Crippen MR) is 86.8 cm³/mol. The number of methoxy groups -OCH3 is 1. The molecule has 1 fully saturated rings. The van der Waals surface area contributed by atoms with Crippen LogP contribution in [-0.4, -0.2) is 26.4 Å². The molecule has 118 valence electrons.